The third-order valence-electron chi connectivity index (χ3n) is 4.97. The van der Waals surface area contributed by atoms with Gasteiger partial charge in [-0.15, -0.1) is 0 Å². The average molecular weight is 501 g/mol. The number of carbonyl (C=O) groups is 1. The van der Waals surface area contributed by atoms with Crippen molar-refractivity contribution in [3.05, 3.63) is 49.6 Å². The van der Waals surface area contributed by atoms with Gasteiger partial charge in [-0.2, -0.15) is 0 Å². The molecule has 1 aromatic carbocycles. The molecule has 2 aromatic rings. The van der Waals surface area contributed by atoms with Gasteiger partial charge in [-0.05, 0) is 34.7 Å². The van der Waals surface area contributed by atoms with Crippen LogP contribution in [0.15, 0.2) is 34.4 Å². The van der Waals surface area contributed by atoms with Gasteiger partial charge in [0.05, 0.1) is 22.1 Å². The molecule has 1 amide bonds. The molecule has 1 aliphatic heterocycles. The highest BCUT2D eigenvalue weighted by Gasteiger charge is 2.32. The molecule has 3 rings (SSSR count). The maximum atomic E-state index is 11.4. The Morgan fingerprint density at radius 3 is 2.45 bits per heavy atom. The number of amides is 1. The van der Waals surface area contributed by atoms with Crippen LogP contribution >= 0.6 is 23.4 Å². The van der Waals surface area contributed by atoms with Gasteiger partial charge in [-0.3, -0.25) is 19.6 Å². The van der Waals surface area contributed by atoms with Gasteiger partial charge in [-0.25, -0.2) is 4.79 Å². The smallest absolute Gasteiger partial charge is 0.407 e. The molecule has 1 fully saturated rings. The molecule has 178 valence electrons. The summed E-state index contributed by atoms with van der Waals surface area (Å²) in [6.45, 7) is 3.11. The number of nitrogens with zero attached hydrogens (tertiary/aromatic N) is 6. The highest BCUT2D eigenvalue weighted by Crippen LogP contribution is 2.40. The summed E-state index contributed by atoms with van der Waals surface area (Å²) in [6.07, 6.45) is 0.157. The number of aliphatic hydroxyl groups is 1. The van der Waals surface area contributed by atoms with Crippen LogP contribution in [0.4, 0.5) is 16.3 Å². The summed E-state index contributed by atoms with van der Waals surface area (Å²) in [5, 5.41) is 42.9. The zero-order valence-electron chi connectivity index (χ0n) is 17.5. The second kappa shape index (κ2) is 9.91. The van der Waals surface area contributed by atoms with Crippen LogP contribution in [-0.4, -0.2) is 83.8 Å². The first kappa shape index (κ1) is 24.7. The number of β-amino-alcohol motifs (C(OH)–C–C–N with tert-alkyl or cyclic N) is 1. The standard InChI is InChI=1S/C18H21ClN6O7S/c1-18(28,10-21-5-7-22(8-6-21)17(26)27)11-23-9-14(25(31)32)20-16(23)33-15-12(19)3-2-4-13(15)24(29)30/h2-4,9,28H,5-8,10-11H2,1H3,(H,26,27)/t18-/m0/s1. The van der Waals surface area contributed by atoms with Gasteiger partial charge >= 0.3 is 11.9 Å². The molecule has 0 bridgehead atoms. The molecule has 1 aliphatic rings. The van der Waals surface area contributed by atoms with Crippen LogP contribution in [0.3, 0.4) is 0 Å². The van der Waals surface area contributed by atoms with Crippen molar-refractivity contribution in [2.75, 3.05) is 32.7 Å². The van der Waals surface area contributed by atoms with Gasteiger partial charge in [0.1, 0.15) is 11.1 Å². The third-order valence-corrected chi connectivity index (χ3v) is 6.54. The van der Waals surface area contributed by atoms with Crippen LogP contribution in [0.1, 0.15) is 6.92 Å². The molecule has 2 heterocycles. The lowest BCUT2D eigenvalue weighted by Crippen LogP contribution is -2.53. The van der Waals surface area contributed by atoms with E-state index in [1.807, 2.05) is 4.90 Å². The average Bonchev–Trinajstić information content (AvgIpc) is 3.11. The second-order valence-corrected chi connectivity index (χ2v) is 9.14. The van der Waals surface area contributed by atoms with Gasteiger partial charge in [-0.1, -0.05) is 17.7 Å². The minimum atomic E-state index is -1.36. The SMILES string of the molecule is C[C@](O)(CN1CCN(C(=O)O)CC1)Cn1cc([N+](=O)[O-])nc1Sc1c(Cl)cccc1[N+](=O)[O-]. The first-order valence-corrected chi connectivity index (χ1v) is 10.9. The normalized spacial score (nSPS) is 16.4. The van der Waals surface area contributed by atoms with Gasteiger partial charge in [0.2, 0.25) is 0 Å². The molecule has 0 saturated carbocycles. The lowest BCUT2D eigenvalue weighted by molar-refractivity contribution is -0.389. The summed E-state index contributed by atoms with van der Waals surface area (Å²) in [7, 11) is 0. The van der Waals surface area contributed by atoms with Crippen LogP contribution in [0.25, 0.3) is 0 Å². The highest BCUT2D eigenvalue weighted by atomic mass is 35.5. The van der Waals surface area contributed by atoms with E-state index in [-0.39, 0.29) is 33.9 Å². The van der Waals surface area contributed by atoms with E-state index in [0.29, 0.717) is 26.2 Å². The maximum Gasteiger partial charge on any atom is 0.407 e. The number of imidazole rings is 1. The summed E-state index contributed by atoms with van der Waals surface area (Å²) in [4.78, 5) is 39.7. The van der Waals surface area contributed by atoms with Crippen molar-refractivity contribution in [2.45, 2.75) is 29.1 Å². The Bertz CT molecular complexity index is 1070. The minimum Gasteiger partial charge on any atom is -0.465 e. The van der Waals surface area contributed by atoms with Crippen molar-refractivity contribution >= 4 is 41.0 Å². The van der Waals surface area contributed by atoms with Crippen molar-refractivity contribution in [1.29, 1.82) is 0 Å². The van der Waals surface area contributed by atoms with Crippen LogP contribution in [-0.2, 0) is 6.54 Å². The van der Waals surface area contributed by atoms with E-state index < -0.39 is 27.4 Å². The van der Waals surface area contributed by atoms with Crippen LogP contribution in [0.2, 0.25) is 5.02 Å². The van der Waals surface area contributed by atoms with E-state index in [0.717, 1.165) is 18.0 Å². The molecule has 33 heavy (non-hydrogen) atoms. The number of hydrogen-bond acceptors (Lipinski definition) is 9. The predicted molar refractivity (Wildman–Crippen MR) is 118 cm³/mol. The summed E-state index contributed by atoms with van der Waals surface area (Å²) in [5.74, 6) is -0.474. The fourth-order valence-electron chi connectivity index (χ4n) is 3.50. The van der Waals surface area contributed by atoms with Gasteiger partial charge in [0, 0.05) is 38.8 Å². The quantitative estimate of drug-likeness (QED) is 0.405. The Hall–Kier alpha value is -2.94. The molecule has 0 unspecified atom stereocenters. The van der Waals surface area contributed by atoms with Crippen molar-refractivity contribution < 1.29 is 24.9 Å². The van der Waals surface area contributed by atoms with E-state index in [1.54, 1.807) is 6.92 Å². The zero-order chi connectivity index (χ0) is 24.3. The number of piperazine rings is 1. The van der Waals surface area contributed by atoms with Crippen molar-refractivity contribution in [1.82, 2.24) is 19.4 Å². The molecule has 1 aromatic heterocycles. The fraction of sp³-hybridized carbons (Fsp3) is 0.444. The van der Waals surface area contributed by atoms with Gasteiger partial charge < -0.3 is 25.2 Å². The first-order valence-electron chi connectivity index (χ1n) is 9.72. The molecular weight excluding hydrogens is 480 g/mol. The van der Waals surface area contributed by atoms with Crippen LogP contribution in [0.5, 0.6) is 0 Å². The maximum absolute atomic E-state index is 11.4. The van der Waals surface area contributed by atoms with E-state index in [4.69, 9.17) is 16.7 Å². The largest absolute Gasteiger partial charge is 0.465 e. The van der Waals surface area contributed by atoms with Crippen LogP contribution < -0.4 is 0 Å². The van der Waals surface area contributed by atoms with Gasteiger partial charge in [0.25, 0.3) is 10.8 Å². The Labute approximate surface area is 196 Å². The molecule has 15 heteroatoms. The van der Waals surface area contributed by atoms with Crippen LogP contribution in [0, 0.1) is 20.2 Å². The molecule has 13 nitrogen and oxygen atoms in total. The Kier molecular flexibility index (Phi) is 7.41. The van der Waals surface area contributed by atoms with Gasteiger partial charge in [0.15, 0.2) is 0 Å². The number of carboxylic acid groups (broad SMARTS) is 1. The number of benzene rings is 1. The summed E-state index contributed by atoms with van der Waals surface area (Å²) in [6, 6.07) is 4.16. The molecule has 0 aliphatic carbocycles. The summed E-state index contributed by atoms with van der Waals surface area (Å²) in [5.41, 5.74) is -1.63. The fourth-order valence-corrected chi connectivity index (χ4v) is 4.75. The Morgan fingerprint density at radius 1 is 1.21 bits per heavy atom. The summed E-state index contributed by atoms with van der Waals surface area (Å²) < 4.78 is 1.36. The lowest BCUT2D eigenvalue weighted by atomic mass is 10.1. The number of nitro benzene ring substituents is 1. The van der Waals surface area contributed by atoms with Crippen molar-refractivity contribution in [3.63, 3.8) is 0 Å². The lowest BCUT2D eigenvalue weighted by Gasteiger charge is -2.37. The molecule has 1 atom stereocenters. The molecule has 1 saturated heterocycles. The monoisotopic (exact) mass is 500 g/mol. The second-order valence-electron chi connectivity index (χ2n) is 7.76. The molecule has 0 spiro atoms. The Balaban J connectivity index is 1.82. The van der Waals surface area contributed by atoms with E-state index in [9.17, 15) is 30.1 Å². The zero-order valence-corrected chi connectivity index (χ0v) is 19.0. The number of halogens is 1. The highest BCUT2D eigenvalue weighted by molar-refractivity contribution is 7.99. The number of hydrogen-bond donors (Lipinski definition) is 2. The van der Waals surface area contributed by atoms with E-state index in [2.05, 4.69) is 4.98 Å². The topological polar surface area (TPSA) is 168 Å². The van der Waals surface area contributed by atoms with Crippen molar-refractivity contribution in [2.24, 2.45) is 0 Å². The molecule has 0 radical (unpaired) electrons. The van der Waals surface area contributed by atoms with Crippen molar-refractivity contribution in [3.8, 4) is 0 Å². The number of rotatable bonds is 8. The number of nitro groups is 2. The minimum absolute atomic E-state index is 0.0638. The molecule has 2 N–H and O–H groups in total. The third kappa shape index (κ3) is 6.10. The Morgan fingerprint density at radius 2 is 1.88 bits per heavy atom. The molecular formula is C18H21ClN6O7S. The number of aromatic nitrogens is 2. The first-order chi connectivity index (χ1) is 15.5. The predicted octanol–water partition coefficient (Wildman–Crippen LogP) is 2.55. The summed E-state index contributed by atoms with van der Waals surface area (Å²) >= 11 is 6.94. The van der Waals surface area contributed by atoms with E-state index in [1.165, 1.54) is 27.7 Å². The van der Waals surface area contributed by atoms with E-state index >= 15 is 0 Å².